The molecule has 0 spiro atoms. The van der Waals surface area contributed by atoms with Crippen molar-refractivity contribution in [1.82, 2.24) is 10.2 Å². The monoisotopic (exact) mass is 326 g/mol. The van der Waals surface area contributed by atoms with Crippen molar-refractivity contribution in [2.24, 2.45) is 5.92 Å². The lowest BCUT2D eigenvalue weighted by Gasteiger charge is -2.34. The molecule has 0 aliphatic carbocycles. The van der Waals surface area contributed by atoms with Crippen LogP contribution in [0.2, 0.25) is 0 Å². The Labute approximate surface area is 139 Å². The van der Waals surface area contributed by atoms with E-state index in [2.05, 4.69) is 5.32 Å². The van der Waals surface area contributed by atoms with Crippen LogP contribution in [0.5, 0.6) is 0 Å². The molecule has 1 aliphatic rings. The third-order valence-electron chi connectivity index (χ3n) is 4.08. The first-order valence-electron chi connectivity index (χ1n) is 7.86. The van der Waals surface area contributed by atoms with Crippen molar-refractivity contribution < 1.29 is 9.53 Å². The van der Waals surface area contributed by atoms with E-state index in [1.165, 1.54) is 0 Å². The van der Waals surface area contributed by atoms with E-state index in [4.69, 9.17) is 4.74 Å². The Morgan fingerprint density at radius 1 is 1.32 bits per heavy atom. The average molecular weight is 327 g/mol. The van der Waals surface area contributed by atoms with Gasteiger partial charge in [-0.25, -0.2) is 0 Å². The van der Waals surface area contributed by atoms with E-state index in [9.17, 15) is 4.79 Å². The lowest BCUT2D eigenvalue weighted by molar-refractivity contribution is -0.145. The number of ether oxygens (including phenoxy) is 1. The van der Waals surface area contributed by atoms with Gasteiger partial charge in [-0.1, -0.05) is 30.3 Å². The summed E-state index contributed by atoms with van der Waals surface area (Å²) in [5.74, 6) is 0.785. The number of likely N-dealkylation sites (tertiary alicyclic amines) is 1. The summed E-state index contributed by atoms with van der Waals surface area (Å²) < 4.78 is 5.71. The highest BCUT2D eigenvalue weighted by molar-refractivity contribution is 5.85. The van der Waals surface area contributed by atoms with Crippen LogP contribution >= 0.6 is 12.4 Å². The SMILES string of the molecule is CCOC(C(=O)N1CCC(CNC)CC1)c1ccccc1.Cl. The van der Waals surface area contributed by atoms with E-state index in [0.29, 0.717) is 12.5 Å². The van der Waals surface area contributed by atoms with Crippen LogP contribution in [0.1, 0.15) is 31.4 Å². The van der Waals surface area contributed by atoms with Crippen LogP contribution in [-0.4, -0.2) is 44.1 Å². The molecule has 1 atom stereocenters. The van der Waals surface area contributed by atoms with Crippen LogP contribution < -0.4 is 5.32 Å². The highest BCUT2D eigenvalue weighted by Gasteiger charge is 2.29. The topological polar surface area (TPSA) is 41.6 Å². The van der Waals surface area contributed by atoms with Gasteiger partial charge in [0.2, 0.25) is 0 Å². The zero-order valence-corrected chi connectivity index (χ0v) is 14.3. The maximum absolute atomic E-state index is 12.7. The van der Waals surface area contributed by atoms with Crippen LogP contribution in [0.15, 0.2) is 30.3 Å². The molecule has 2 rings (SSSR count). The first-order valence-corrected chi connectivity index (χ1v) is 7.86. The number of piperidine rings is 1. The minimum Gasteiger partial charge on any atom is -0.364 e. The van der Waals surface area contributed by atoms with E-state index in [0.717, 1.165) is 38.0 Å². The fourth-order valence-corrected chi connectivity index (χ4v) is 2.92. The standard InChI is InChI=1S/C17H26N2O2.ClH/c1-3-21-16(15-7-5-4-6-8-15)17(20)19-11-9-14(10-12-19)13-18-2;/h4-8,14,16,18H,3,9-13H2,1-2H3;1H. The van der Waals surface area contributed by atoms with E-state index in [1.54, 1.807) is 0 Å². The fourth-order valence-electron chi connectivity index (χ4n) is 2.92. The molecule has 4 nitrogen and oxygen atoms in total. The van der Waals surface area contributed by atoms with Gasteiger partial charge in [0.25, 0.3) is 5.91 Å². The molecule has 0 bridgehead atoms. The second-order valence-corrected chi connectivity index (χ2v) is 5.57. The van der Waals surface area contributed by atoms with Crippen molar-refractivity contribution in [3.05, 3.63) is 35.9 Å². The summed E-state index contributed by atoms with van der Waals surface area (Å²) in [6, 6.07) is 9.79. The highest BCUT2D eigenvalue weighted by atomic mass is 35.5. The zero-order valence-electron chi connectivity index (χ0n) is 13.5. The predicted molar refractivity (Wildman–Crippen MR) is 91.3 cm³/mol. The third-order valence-corrected chi connectivity index (χ3v) is 4.08. The number of halogens is 1. The Morgan fingerprint density at radius 2 is 1.95 bits per heavy atom. The smallest absolute Gasteiger partial charge is 0.256 e. The average Bonchev–Trinajstić information content (AvgIpc) is 2.54. The molecule has 1 saturated heterocycles. The molecule has 124 valence electrons. The number of hydrogen-bond acceptors (Lipinski definition) is 3. The summed E-state index contributed by atoms with van der Waals surface area (Å²) in [5, 5.41) is 3.22. The van der Waals surface area contributed by atoms with Gasteiger partial charge in [0, 0.05) is 19.7 Å². The Hall–Kier alpha value is -1.10. The van der Waals surface area contributed by atoms with Gasteiger partial charge in [0.05, 0.1) is 0 Å². The molecule has 1 unspecified atom stereocenters. The molecule has 1 aromatic carbocycles. The number of rotatable bonds is 6. The van der Waals surface area contributed by atoms with Gasteiger partial charge in [0.1, 0.15) is 0 Å². The molecule has 5 heteroatoms. The van der Waals surface area contributed by atoms with Crippen molar-refractivity contribution >= 4 is 18.3 Å². The van der Waals surface area contributed by atoms with E-state index in [-0.39, 0.29) is 18.3 Å². The molecule has 0 radical (unpaired) electrons. The van der Waals surface area contributed by atoms with Crippen LogP contribution in [0, 0.1) is 5.92 Å². The molecule has 1 amide bonds. The van der Waals surface area contributed by atoms with Crippen LogP contribution in [-0.2, 0) is 9.53 Å². The third kappa shape index (κ3) is 4.97. The maximum atomic E-state index is 12.7. The largest absolute Gasteiger partial charge is 0.364 e. The molecule has 1 N–H and O–H groups in total. The van der Waals surface area contributed by atoms with Crippen LogP contribution in [0.25, 0.3) is 0 Å². The summed E-state index contributed by atoms with van der Waals surface area (Å²) in [5.41, 5.74) is 0.946. The van der Waals surface area contributed by atoms with Crippen molar-refractivity contribution in [3.63, 3.8) is 0 Å². The molecule has 0 aromatic heterocycles. The first-order chi connectivity index (χ1) is 10.3. The maximum Gasteiger partial charge on any atom is 0.256 e. The fraction of sp³-hybridized carbons (Fsp3) is 0.588. The number of carbonyl (C=O) groups is 1. The minimum atomic E-state index is -0.461. The predicted octanol–water partition coefficient (Wildman–Crippen LogP) is 2.64. The van der Waals surface area contributed by atoms with Crippen molar-refractivity contribution in [2.75, 3.05) is 33.3 Å². The molecule has 1 aliphatic heterocycles. The Kier molecular flexibility index (Phi) is 8.46. The second kappa shape index (κ2) is 9.82. The number of benzene rings is 1. The Balaban J connectivity index is 0.00000242. The summed E-state index contributed by atoms with van der Waals surface area (Å²) >= 11 is 0. The minimum absolute atomic E-state index is 0. The van der Waals surface area contributed by atoms with Gasteiger partial charge in [0.15, 0.2) is 6.10 Å². The van der Waals surface area contributed by atoms with E-state index < -0.39 is 6.10 Å². The molecule has 0 saturated carbocycles. The van der Waals surface area contributed by atoms with E-state index >= 15 is 0 Å². The summed E-state index contributed by atoms with van der Waals surface area (Å²) in [4.78, 5) is 14.7. The number of amides is 1. The van der Waals surface area contributed by atoms with Gasteiger partial charge in [-0.15, -0.1) is 12.4 Å². The van der Waals surface area contributed by atoms with Gasteiger partial charge < -0.3 is 15.0 Å². The lowest BCUT2D eigenvalue weighted by atomic mass is 9.96. The zero-order chi connectivity index (χ0) is 15.1. The van der Waals surface area contributed by atoms with Crippen molar-refractivity contribution in [2.45, 2.75) is 25.9 Å². The normalized spacial score (nSPS) is 16.9. The molecule has 22 heavy (non-hydrogen) atoms. The van der Waals surface area contributed by atoms with Crippen molar-refractivity contribution in [3.8, 4) is 0 Å². The Bertz CT molecular complexity index is 434. The van der Waals surface area contributed by atoms with Crippen LogP contribution in [0.4, 0.5) is 0 Å². The quantitative estimate of drug-likeness (QED) is 0.873. The summed E-state index contributed by atoms with van der Waals surface area (Å²) in [6.45, 7) is 5.18. The van der Waals surface area contributed by atoms with Crippen molar-refractivity contribution in [1.29, 1.82) is 0 Å². The number of carbonyl (C=O) groups excluding carboxylic acids is 1. The number of nitrogens with zero attached hydrogens (tertiary/aromatic N) is 1. The van der Waals surface area contributed by atoms with Gasteiger partial charge in [-0.05, 0) is 44.8 Å². The van der Waals surface area contributed by atoms with Crippen LogP contribution in [0.3, 0.4) is 0 Å². The number of hydrogen-bond donors (Lipinski definition) is 1. The summed E-state index contributed by atoms with van der Waals surface area (Å²) in [6.07, 6.45) is 1.68. The molecule has 1 heterocycles. The Morgan fingerprint density at radius 3 is 2.50 bits per heavy atom. The molecular weight excluding hydrogens is 300 g/mol. The molecule has 1 aromatic rings. The van der Waals surface area contributed by atoms with Gasteiger partial charge in [-0.2, -0.15) is 0 Å². The second-order valence-electron chi connectivity index (χ2n) is 5.57. The number of nitrogens with one attached hydrogen (secondary N) is 1. The first kappa shape index (κ1) is 18.9. The summed E-state index contributed by atoms with van der Waals surface area (Å²) in [7, 11) is 1.98. The van der Waals surface area contributed by atoms with Gasteiger partial charge in [-0.3, -0.25) is 4.79 Å². The highest BCUT2D eigenvalue weighted by Crippen LogP contribution is 2.24. The lowest BCUT2D eigenvalue weighted by Crippen LogP contribution is -2.43. The molecule has 1 fully saturated rings. The van der Waals surface area contributed by atoms with E-state index in [1.807, 2.05) is 49.2 Å². The molecular formula is C17H27ClN2O2. The van der Waals surface area contributed by atoms with Gasteiger partial charge >= 0.3 is 0 Å².